The van der Waals surface area contributed by atoms with Crippen molar-refractivity contribution >= 4 is 0 Å². The molecule has 0 spiro atoms. The van der Waals surface area contributed by atoms with Gasteiger partial charge in [-0.3, -0.25) is 0 Å². The second-order valence-corrected chi connectivity index (χ2v) is 5.63. The first-order valence-corrected chi connectivity index (χ1v) is 6.74. The number of aliphatic hydroxyl groups is 2. The van der Waals surface area contributed by atoms with Gasteiger partial charge < -0.3 is 20.3 Å². The number of rotatable bonds is 6. The third-order valence-electron chi connectivity index (χ3n) is 3.97. The normalized spacial score (nSPS) is 22.9. The zero-order valence-corrected chi connectivity index (χ0v) is 11.6. The third kappa shape index (κ3) is 3.08. The summed E-state index contributed by atoms with van der Waals surface area (Å²) in [6.45, 7) is 1.72. The average Bonchev–Trinajstić information content (AvgIpc) is 2.42. The molecule has 2 rings (SSSR count). The number of hydrogen-bond acceptors (Lipinski definition) is 4. The fourth-order valence-corrected chi connectivity index (χ4v) is 2.63. The summed E-state index contributed by atoms with van der Waals surface area (Å²) in [6.07, 6.45) is 2.02. The topological polar surface area (TPSA) is 61.7 Å². The van der Waals surface area contributed by atoms with E-state index >= 15 is 0 Å². The van der Waals surface area contributed by atoms with E-state index in [1.807, 2.05) is 25.1 Å². The molecule has 0 bridgehead atoms. The molecule has 1 aliphatic carbocycles. The van der Waals surface area contributed by atoms with Gasteiger partial charge >= 0.3 is 0 Å². The maximum atomic E-state index is 9.28. The van der Waals surface area contributed by atoms with E-state index in [-0.39, 0.29) is 13.2 Å². The molecule has 106 valence electrons. The lowest BCUT2D eigenvalue weighted by molar-refractivity contribution is 0.0778. The van der Waals surface area contributed by atoms with Gasteiger partial charge in [0.05, 0.1) is 25.9 Å². The minimum Gasteiger partial charge on any atom is -0.496 e. The molecule has 1 aliphatic rings. The smallest absolute Gasteiger partial charge is 0.122 e. The van der Waals surface area contributed by atoms with E-state index in [0.717, 1.165) is 18.6 Å². The van der Waals surface area contributed by atoms with E-state index in [2.05, 4.69) is 11.4 Å². The molecular formula is C15H23NO3. The maximum absolute atomic E-state index is 9.28. The molecule has 1 aromatic carbocycles. The summed E-state index contributed by atoms with van der Waals surface area (Å²) in [4.78, 5) is 0. The molecule has 0 unspecified atom stereocenters. The number of hydrogen-bond donors (Lipinski definition) is 3. The van der Waals surface area contributed by atoms with Crippen molar-refractivity contribution in [1.82, 2.24) is 5.32 Å². The van der Waals surface area contributed by atoms with Crippen molar-refractivity contribution in [3.05, 3.63) is 29.8 Å². The Labute approximate surface area is 114 Å². The first-order valence-electron chi connectivity index (χ1n) is 6.74. The van der Waals surface area contributed by atoms with Gasteiger partial charge in [-0.15, -0.1) is 0 Å². The summed E-state index contributed by atoms with van der Waals surface area (Å²) < 4.78 is 5.38. The Bertz CT molecular complexity index is 412. The van der Waals surface area contributed by atoms with Crippen molar-refractivity contribution in [2.24, 2.45) is 0 Å². The van der Waals surface area contributed by atoms with Gasteiger partial charge in [0.15, 0.2) is 0 Å². The molecule has 0 atom stereocenters. The number of nitrogens with one attached hydrogen (secondary N) is 1. The quantitative estimate of drug-likeness (QED) is 0.725. The van der Waals surface area contributed by atoms with E-state index in [0.29, 0.717) is 12.0 Å². The maximum Gasteiger partial charge on any atom is 0.122 e. The molecule has 0 radical (unpaired) electrons. The predicted molar refractivity (Wildman–Crippen MR) is 74.5 cm³/mol. The monoisotopic (exact) mass is 265 g/mol. The standard InChI is InChI=1S/C15H23NO3/c1-15(9-17,10-18)16-12-7-11(8-12)13-5-3-4-6-14(13)19-2/h3-6,11-12,16-18H,7-10H2,1-2H3. The molecule has 0 aromatic heterocycles. The van der Waals surface area contributed by atoms with Crippen LogP contribution in [0.3, 0.4) is 0 Å². The average molecular weight is 265 g/mol. The van der Waals surface area contributed by atoms with Crippen LogP contribution in [0.4, 0.5) is 0 Å². The zero-order chi connectivity index (χ0) is 13.9. The van der Waals surface area contributed by atoms with Crippen LogP contribution in [-0.4, -0.2) is 42.1 Å². The molecule has 0 heterocycles. The largest absolute Gasteiger partial charge is 0.496 e. The highest BCUT2D eigenvalue weighted by atomic mass is 16.5. The lowest BCUT2D eigenvalue weighted by atomic mass is 9.74. The Morgan fingerprint density at radius 3 is 2.47 bits per heavy atom. The minimum atomic E-state index is -0.587. The van der Waals surface area contributed by atoms with Crippen molar-refractivity contribution in [2.75, 3.05) is 20.3 Å². The van der Waals surface area contributed by atoms with E-state index in [1.165, 1.54) is 5.56 Å². The highest BCUT2D eigenvalue weighted by molar-refractivity contribution is 5.37. The fraction of sp³-hybridized carbons (Fsp3) is 0.600. The van der Waals surface area contributed by atoms with Crippen LogP contribution in [0.5, 0.6) is 5.75 Å². The van der Waals surface area contributed by atoms with Crippen LogP contribution >= 0.6 is 0 Å². The number of para-hydroxylation sites is 1. The van der Waals surface area contributed by atoms with Gasteiger partial charge in [-0.05, 0) is 37.3 Å². The molecular weight excluding hydrogens is 242 g/mol. The number of methoxy groups -OCH3 is 1. The Hall–Kier alpha value is -1.10. The van der Waals surface area contributed by atoms with Crippen molar-refractivity contribution < 1.29 is 14.9 Å². The molecule has 4 nitrogen and oxygen atoms in total. The highest BCUT2D eigenvalue weighted by Gasteiger charge is 2.36. The molecule has 19 heavy (non-hydrogen) atoms. The minimum absolute atomic E-state index is 0.0562. The van der Waals surface area contributed by atoms with Gasteiger partial charge in [-0.2, -0.15) is 0 Å². The summed E-state index contributed by atoms with van der Waals surface area (Å²) in [5.41, 5.74) is 0.661. The van der Waals surface area contributed by atoms with Crippen LogP contribution in [0.15, 0.2) is 24.3 Å². The van der Waals surface area contributed by atoms with Crippen LogP contribution < -0.4 is 10.1 Å². The van der Waals surface area contributed by atoms with Gasteiger partial charge in [0.1, 0.15) is 5.75 Å². The zero-order valence-electron chi connectivity index (χ0n) is 11.6. The van der Waals surface area contributed by atoms with Crippen LogP contribution in [0.2, 0.25) is 0 Å². The van der Waals surface area contributed by atoms with Gasteiger partial charge in [-0.25, -0.2) is 0 Å². The van der Waals surface area contributed by atoms with Crippen LogP contribution in [0.1, 0.15) is 31.2 Å². The second kappa shape index (κ2) is 5.90. The Kier molecular flexibility index (Phi) is 4.45. The summed E-state index contributed by atoms with van der Waals surface area (Å²) in [5.74, 6) is 1.44. The Morgan fingerprint density at radius 2 is 1.89 bits per heavy atom. The van der Waals surface area contributed by atoms with Crippen LogP contribution in [0, 0.1) is 0 Å². The first-order chi connectivity index (χ1) is 9.11. The summed E-state index contributed by atoms with van der Waals surface area (Å²) in [5, 5.41) is 21.9. The van der Waals surface area contributed by atoms with Crippen molar-refractivity contribution in [3.63, 3.8) is 0 Å². The van der Waals surface area contributed by atoms with E-state index in [4.69, 9.17) is 4.74 Å². The van der Waals surface area contributed by atoms with Crippen molar-refractivity contribution in [3.8, 4) is 5.75 Å². The van der Waals surface area contributed by atoms with Gasteiger partial charge in [0.2, 0.25) is 0 Å². The summed E-state index contributed by atoms with van der Waals surface area (Å²) in [6, 6.07) is 8.45. The molecule has 4 heteroatoms. The van der Waals surface area contributed by atoms with E-state index in [9.17, 15) is 10.2 Å². The molecule has 0 saturated heterocycles. The number of benzene rings is 1. The number of ether oxygens (including phenoxy) is 1. The van der Waals surface area contributed by atoms with Gasteiger partial charge in [0, 0.05) is 6.04 Å². The van der Waals surface area contributed by atoms with E-state index < -0.39 is 5.54 Å². The van der Waals surface area contributed by atoms with Gasteiger partial charge in [0.25, 0.3) is 0 Å². The molecule has 0 amide bonds. The highest BCUT2D eigenvalue weighted by Crippen LogP contribution is 2.41. The second-order valence-electron chi connectivity index (χ2n) is 5.63. The Balaban J connectivity index is 1.93. The summed E-state index contributed by atoms with van der Waals surface area (Å²) >= 11 is 0. The molecule has 3 N–H and O–H groups in total. The third-order valence-corrected chi connectivity index (χ3v) is 3.97. The summed E-state index contributed by atoms with van der Waals surface area (Å²) in [7, 11) is 1.70. The van der Waals surface area contributed by atoms with Gasteiger partial charge in [-0.1, -0.05) is 18.2 Å². The first kappa shape index (κ1) is 14.3. The van der Waals surface area contributed by atoms with Crippen molar-refractivity contribution in [2.45, 2.75) is 37.3 Å². The Morgan fingerprint density at radius 1 is 1.26 bits per heavy atom. The van der Waals surface area contributed by atoms with Crippen molar-refractivity contribution in [1.29, 1.82) is 0 Å². The SMILES string of the molecule is COc1ccccc1C1CC(NC(C)(CO)CO)C1. The van der Waals surface area contributed by atoms with Crippen LogP contribution in [0.25, 0.3) is 0 Å². The lowest BCUT2D eigenvalue weighted by Gasteiger charge is -2.42. The predicted octanol–water partition coefficient (Wildman–Crippen LogP) is 1.27. The van der Waals surface area contributed by atoms with E-state index in [1.54, 1.807) is 7.11 Å². The molecule has 0 aliphatic heterocycles. The fourth-order valence-electron chi connectivity index (χ4n) is 2.63. The number of aliphatic hydroxyl groups excluding tert-OH is 2. The molecule has 1 aromatic rings. The molecule has 1 fully saturated rings. The lowest BCUT2D eigenvalue weighted by Crippen LogP contribution is -2.56. The van der Waals surface area contributed by atoms with Crippen LogP contribution in [-0.2, 0) is 0 Å². The molecule has 1 saturated carbocycles.